The summed E-state index contributed by atoms with van der Waals surface area (Å²) in [6.45, 7) is 4.34. The van der Waals surface area contributed by atoms with Crippen molar-refractivity contribution in [3.63, 3.8) is 0 Å². The van der Waals surface area contributed by atoms with E-state index in [1.165, 1.54) is 18.5 Å². The molecule has 66 valence electrons. The number of hydrogen-bond donors (Lipinski definition) is 2. The van der Waals surface area contributed by atoms with Gasteiger partial charge in [-0.15, -0.1) is 0 Å². The predicted molar refractivity (Wildman–Crippen MR) is 48.8 cm³/mol. The van der Waals surface area contributed by atoms with Crippen LogP contribution in [0.4, 0.5) is 5.82 Å². The summed E-state index contributed by atoms with van der Waals surface area (Å²) < 4.78 is 0. The van der Waals surface area contributed by atoms with Crippen LogP contribution < -0.4 is 5.73 Å². The van der Waals surface area contributed by atoms with Crippen LogP contribution in [0.25, 0.3) is 0 Å². The molecular weight excluding hydrogens is 150 g/mol. The highest BCUT2D eigenvalue weighted by Gasteiger charge is 2.38. The van der Waals surface area contributed by atoms with Crippen molar-refractivity contribution in [2.45, 2.75) is 33.1 Å². The molecule has 1 aliphatic carbocycles. The second-order valence-electron chi connectivity index (χ2n) is 4.20. The monoisotopic (exact) mass is 165 g/mol. The fourth-order valence-electron chi connectivity index (χ4n) is 1.44. The molecule has 3 nitrogen and oxygen atoms in total. The maximum atomic E-state index is 5.64. The lowest BCUT2D eigenvalue weighted by atomic mass is 10.0. The van der Waals surface area contributed by atoms with Gasteiger partial charge in [0, 0.05) is 11.3 Å². The zero-order valence-corrected chi connectivity index (χ0v) is 7.65. The molecule has 0 amide bonds. The molecule has 1 heterocycles. The quantitative estimate of drug-likeness (QED) is 0.700. The first-order valence-corrected chi connectivity index (χ1v) is 4.40. The van der Waals surface area contributed by atoms with Gasteiger partial charge in [-0.05, 0) is 31.6 Å². The van der Waals surface area contributed by atoms with Crippen LogP contribution in [0.15, 0.2) is 0 Å². The van der Waals surface area contributed by atoms with Gasteiger partial charge < -0.3 is 5.73 Å². The molecule has 2 rings (SSSR count). The Morgan fingerprint density at radius 1 is 1.58 bits per heavy atom. The molecule has 0 aliphatic heterocycles. The number of aromatic nitrogens is 2. The van der Waals surface area contributed by atoms with Gasteiger partial charge in [-0.25, -0.2) is 0 Å². The number of nitrogen functional groups attached to an aromatic ring is 1. The minimum atomic E-state index is 0.531. The molecule has 0 radical (unpaired) electrons. The van der Waals surface area contributed by atoms with E-state index in [2.05, 4.69) is 17.1 Å². The van der Waals surface area contributed by atoms with E-state index in [4.69, 9.17) is 5.73 Å². The average Bonchev–Trinajstić information content (AvgIpc) is 2.68. The Hall–Kier alpha value is -0.990. The third kappa shape index (κ3) is 1.19. The molecule has 1 aromatic heterocycles. The Bertz CT molecular complexity index is 297. The summed E-state index contributed by atoms with van der Waals surface area (Å²) in [5.41, 5.74) is 8.51. The van der Waals surface area contributed by atoms with Gasteiger partial charge in [-0.3, -0.25) is 5.10 Å². The summed E-state index contributed by atoms with van der Waals surface area (Å²) >= 11 is 0. The highest BCUT2D eigenvalue weighted by molar-refractivity contribution is 5.41. The lowest BCUT2D eigenvalue weighted by Crippen LogP contribution is -2.00. The fourth-order valence-corrected chi connectivity index (χ4v) is 1.44. The van der Waals surface area contributed by atoms with E-state index in [-0.39, 0.29) is 0 Å². The van der Waals surface area contributed by atoms with Gasteiger partial charge in [0.15, 0.2) is 0 Å². The molecule has 12 heavy (non-hydrogen) atoms. The number of anilines is 1. The Kier molecular flexibility index (Phi) is 1.43. The molecule has 0 atom stereocenters. The van der Waals surface area contributed by atoms with E-state index < -0.39 is 0 Å². The third-order valence-electron chi connectivity index (χ3n) is 2.86. The van der Waals surface area contributed by atoms with Gasteiger partial charge in [0.1, 0.15) is 5.82 Å². The van der Waals surface area contributed by atoms with Gasteiger partial charge in [0.2, 0.25) is 0 Å². The van der Waals surface area contributed by atoms with Crippen LogP contribution in [0.3, 0.4) is 0 Å². The number of H-pyrrole nitrogens is 1. The topological polar surface area (TPSA) is 54.7 Å². The molecule has 3 N–H and O–H groups in total. The van der Waals surface area contributed by atoms with Crippen molar-refractivity contribution in [1.29, 1.82) is 0 Å². The minimum absolute atomic E-state index is 0.531. The first-order chi connectivity index (χ1) is 5.61. The zero-order chi connectivity index (χ0) is 8.77. The maximum absolute atomic E-state index is 5.64. The van der Waals surface area contributed by atoms with Gasteiger partial charge in [0.25, 0.3) is 0 Å². The minimum Gasteiger partial charge on any atom is -0.382 e. The highest BCUT2D eigenvalue weighted by atomic mass is 15.2. The van der Waals surface area contributed by atoms with Crippen molar-refractivity contribution in [3.05, 3.63) is 11.3 Å². The highest BCUT2D eigenvalue weighted by Crippen LogP contribution is 2.47. The standard InChI is InChI=1S/C9H15N3/c1-6-7(11-12-8(6)10)5-9(2)3-4-9/h3-5H2,1-2H3,(H3,10,11,12). The second-order valence-corrected chi connectivity index (χ2v) is 4.20. The molecule has 0 unspecified atom stereocenters. The van der Waals surface area contributed by atoms with Crippen molar-refractivity contribution >= 4 is 5.82 Å². The Labute approximate surface area is 72.4 Å². The smallest absolute Gasteiger partial charge is 0.148 e. The summed E-state index contributed by atoms with van der Waals surface area (Å²) in [4.78, 5) is 0. The molecule has 0 aromatic carbocycles. The van der Waals surface area contributed by atoms with E-state index in [1.807, 2.05) is 6.92 Å². The van der Waals surface area contributed by atoms with E-state index >= 15 is 0 Å². The molecule has 0 bridgehead atoms. The maximum Gasteiger partial charge on any atom is 0.148 e. The van der Waals surface area contributed by atoms with Crippen LogP contribution >= 0.6 is 0 Å². The van der Waals surface area contributed by atoms with E-state index in [0.717, 1.165) is 12.0 Å². The van der Waals surface area contributed by atoms with Crippen LogP contribution in [0.1, 0.15) is 31.0 Å². The lowest BCUT2D eigenvalue weighted by molar-refractivity contribution is 0.558. The van der Waals surface area contributed by atoms with Crippen molar-refractivity contribution < 1.29 is 0 Å². The predicted octanol–water partition coefficient (Wildman–Crippen LogP) is 1.64. The molecule has 1 fully saturated rings. The zero-order valence-electron chi connectivity index (χ0n) is 7.65. The van der Waals surface area contributed by atoms with Gasteiger partial charge in [-0.2, -0.15) is 5.10 Å². The first-order valence-electron chi connectivity index (χ1n) is 4.40. The summed E-state index contributed by atoms with van der Waals surface area (Å²) in [5.74, 6) is 0.647. The van der Waals surface area contributed by atoms with Gasteiger partial charge in [-0.1, -0.05) is 6.92 Å². The molecule has 0 spiro atoms. The average molecular weight is 165 g/mol. The summed E-state index contributed by atoms with van der Waals surface area (Å²) in [6, 6.07) is 0. The first kappa shape index (κ1) is 7.65. The van der Waals surface area contributed by atoms with Crippen LogP contribution in [0.5, 0.6) is 0 Å². The molecule has 1 aromatic rings. The SMILES string of the molecule is Cc1c(N)n[nH]c1CC1(C)CC1. The van der Waals surface area contributed by atoms with Gasteiger partial charge in [0.05, 0.1) is 0 Å². The normalized spacial score (nSPS) is 19.5. The Morgan fingerprint density at radius 2 is 2.25 bits per heavy atom. The van der Waals surface area contributed by atoms with E-state index in [1.54, 1.807) is 0 Å². The molecule has 3 heteroatoms. The van der Waals surface area contributed by atoms with Crippen LogP contribution in [0.2, 0.25) is 0 Å². The van der Waals surface area contributed by atoms with Crippen molar-refractivity contribution in [3.8, 4) is 0 Å². The summed E-state index contributed by atoms with van der Waals surface area (Å²) in [6.07, 6.45) is 3.78. The summed E-state index contributed by atoms with van der Waals surface area (Å²) in [5, 5.41) is 6.98. The molecular formula is C9H15N3. The fraction of sp³-hybridized carbons (Fsp3) is 0.667. The number of nitrogens with two attached hydrogens (primary N) is 1. The number of nitrogens with zero attached hydrogens (tertiary/aromatic N) is 1. The van der Waals surface area contributed by atoms with Crippen LogP contribution in [0, 0.1) is 12.3 Å². The number of hydrogen-bond acceptors (Lipinski definition) is 2. The number of nitrogens with one attached hydrogen (secondary N) is 1. The van der Waals surface area contributed by atoms with Crippen LogP contribution in [-0.4, -0.2) is 10.2 Å². The number of rotatable bonds is 2. The largest absolute Gasteiger partial charge is 0.382 e. The second kappa shape index (κ2) is 2.25. The molecule has 0 saturated heterocycles. The van der Waals surface area contributed by atoms with E-state index in [9.17, 15) is 0 Å². The van der Waals surface area contributed by atoms with E-state index in [0.29, 0.717) is 11.2 Å². The number of aromatic amines is 1. The van der Waals surface area contributed by atoms with Gasteiger partial charge >= 0.3 is 0 Å². The lowest BCUT2D eigenvalue weighted by Gasteiger charge is -2.05. The van der Waals surface area contributed by atoms with Crippen LogP contribution in [-0.2, 0) is 6.42 Å². The van der Waals surface area contributed by atoms with Crippen molar-refractivity contribution in [1.82, 2.24) is 10.2 Å². The summed E-state index contributed by atoms with van der Waals surface area (Å²) in [7, 11) is 0. The third-order valence-corrected chi connectivity index (χ3v) is 2.86. The van der Waals surface area contributed by atoms with Crippen molar-refractivity contribution in [2.75, 3.05) is 5.73 Å². The Morgan fingerprint density at radius 3 is 2.67 bits per heavy atom. The molecule has 1 saturated carbocycles. The Balaban J connectivity index is 2.17. The molecule has 1 aliphatic rings. The van der Waals surface area contributed by atoms with Crippen molar-refractivity contribution in [2.24, 2.45) is 5.41 Å².